The Labute approximate surface area is 106 Å². The minimum atomic E-state index is -3.44. The van der Waals surface area contributed by atoms with Crippen LogP contribution in [0, 0.1) is 5.82 Å². The molecule has 2 atom stereocenters. The summed E-state index contributed by atoms with van der Waals surface area (Å²) in [5.74, 6) is -0.246. The molecular formula is C12H17FN2O2S. The first-order valence-corrected chi connectivity index (χ1v) is 7.55. The fourth-order valence-corrected chi connectivity index (χ4v) is 3.04. The monoisotopic (exact) mass is 272 g/mol. The summed E-state index contributed by atoms with van der Waals surface area (Å²) in [4.78, 5) is 0. The number of piperidine rings is 1. The van der Waals surface area contributed by atoms with Crippen molar-refractivity contribution in [2.75, 3.05) is 6.54 Å². The molecule has 2 rings (SSSR count). The van der Waals surface area contributed by atoms with E-state index in [0.717, 1.165) is 18.4 Å². The van der Waals surface area contributed by atoms with Crippen LogP contribution in [0.1, 0.15) is 18.4 Å². The molecule has 3 N–H and O–H groups in total. The van der Waals surface area contributed by atoms with Gasteiger partial charge in [0, 0.05) is 12.6 Å². The van der Waals surface area contributed by atoms with Crippen LogP contribution in [0.2, 0.25) is 0 Å². The van der Waals surface area contributed by atoms with Crippen LogP contribution in [0.3, 0.4) is 0 Å². The van der Waals surface area contributed by atoms with E-state index in [1.165, 1.54) is 12.1 Å². The number of nitrogens with two attached hydrogens (primary N) is 1. The Hall–Kier alpha value is -0.980. The Kier molecular flexibility index (Phi) is 3.99. The van der Waals surface area contributed by atoms with Crippen molar-refractivity contribution >= 4 is 10.0 Å². The van der Waals surface area contributed by atoms with Gasteiger partial charge in [-0.2, -0.15) is 0 Å². The Morgan fingerprint density at radius 2 is 1.94 bits per heavy atom. The molecule has 0 aliphatic carbocycles. The van der Waals surface area contributed by atoms with Crippen LogP contribution < -0.4 is 10.5 Å². The van der Waals surface area contributed by atoms with Crippen molar-refractivity contribution in [2.24, 2.45) is 5.14 Å². The number of halogens is 1. The van der Waals surface area contributed by atoms with Gasteiger partial charge in [-0.3, -0.25) is 0 Å². The molecule has 100 valence electrons. The molecule has 0 amide bonds. The first-order valence-electron chi connectivity index (χ1n) is 5.94. The average Bonchev–Trinajstić information content (AvgIpc) is 2.32. The molecule has 1 aromatic rings. The van der Waals surface area contributed by atoms with E-state index in [4.69, 9.17) is 5.14 Å². The van der Waals surface area contributed by atoms with Crippen molar-refractivity contribution in [3.63, 3.8) is 0 Å². The zero-order valence-corrected chi connectivity index (χ0v) is 10.8. The highest BCUT2D eigenvalue weighted by atomic mass is 32.2. The van der Waals surface area contributed by atoms with E-state index >= 15 is 0 Å². The lowest BCUT2D eigenvalue weighted by Gasteiger charge is -2.28. The van der Waals surface area contributed by atoms with Gasteiger partial charge in [0.05, 0.1) is 5.25 Å². The van der Waals surface area contributed by atoms with Gasteiger partial charge in [0.15, 0.2) is 0 Å². The predicted octanol–water partition coefficient (Wildman–Crippen LogP) is 0.777. The van der Waals surface area contributed by atoms with Crippen molar-refractivity contribution in [2.45, 2.75) is 30.6 Å². The second-order valence-corrected chi connectivity index (χ2v) is 6.57. The quantitative estimate of drug-likeness (QED) is 0.854. The van der Waals surface area contributed by atoms with Gasteiger partial charge in [0.1, 0.15) is 5.82 Å². The third-order valence-corrected chi connectivity index (χ3v) is 4.66. The number of benzene rings is 1. The molecule has 1 aliphatic rings. The van der Waals surface area contributed by atoms with E-state index in [-0.39, 0.29) is 11.9 Å². The third-order valence-electron chi connectivity index (χ3n) is 3.33. The lowest BCUT2D eigenvalue weighted by Crippen LogP contribution is -2.47. The summed E-state index contributed by atoms with van der Waals surface area (Å²) in [7, 11) is -3.44. The number of sulfonamides is 1. The molecule has 18 heavy (non-hydrogen) atoms. The van der Waals surface area contributed by atoms with Crippen LogP contribution in [0.4, 0.5) is 4.39 Å². The number of primary sulfonamides is 1. The maximum atomic E-state index is 12.8. The molecule has 0 saturated carbocycles. The Bertz CT molecular complexity index is 493. The summed E-state index contributed by atoms with van der Waals surface area (Å²) in [5.41, 5.74) is 1.04. The van der Waals surface area contributed by atoms with Gasteiger partial charge in [-0.15, -0.1) is 0 Å². The summed E-state index contributed by atoms with van der Waals surface area (Å²) >= 11 is 0. The van der Waals surface area contributed by atoms with Gasteiger partial charge in [-0.1, -0.05) is 12.1 Å². The van der Waals surface area contributed by atoms with Crippen LogP contribution in [-0.2, 0) is 16.4 Å². The SMILES string of the molecule is NS(=O)(=O)C1CCC(Cc2ccc(F)cc2)NC1. The molecule has 1 aliphatic heterocycles. The lowest BCUT2D eigenvalue weighted by molar-refractivity contribution is 0.396. The molecule has 4 nitrogen and oxygen atoms in total. The highest BCUT2D eigenvalue weighted by molar-refractivity contribution is 7.89. The molecule has 0 spiro atoms. The number of rotatable bonds is 3. The summed E-state index contributed by atoms with van der Waals surface area (Å²) in [5, 5.41) is 7.82. The van der Waals surface area contributed by atoms with E-state index in [2.05, 4.69) is 5.32 Å². The highest BCUT2D eigenvalue weighted by Crippen LogP contribution is 2.16. The summed E-state index contributed by atoms with van der Waals surface area (Å²) < 4.78 is 35.1. The summed E-state index contributed by atoms with van der Waals surface area (Å²) in [6.45, 7) is 0.394. The van der Waals surface area contributed by atoms with Gasteiger partial charge in [-0.05, 0) is 37.0 Å². The molecule has 1 saturated heterocycles. The van der Waals surface area contributed by atoms with Gasteiger partial charge < -0.3 is 5.32 Å². The van der Waals surface area contributed by atoms with Gasteiger partial charge in [0.25, 0.3) is 0 Å². The van der Waals surface area contributed by atoms with Crippen molar-refractivity contribution in [1.29, 1.82) is 0 Å². The minimum absolute atomic E-state index is 0.230. The molecular weight excluding hydrogens is 255 g/mol. The van der Waals surface area contributed by atoms with Crippen molar-refractivity contribution < 1.29 is 12.8 Å². The summed E-state index contributed by atoms with van der Waals surface area (Å²) in [6.07, 6.45) is 2.12. The van der Waals surface area contributed by atoms with Crippen molar-refractivity contribution in [1.82, 2.24) is 5.32 Å². The topological polar surface area (TPSA) is 72.2 Å². The minimum Gasteiger partial charge on any atom is -0.312 e. The Balaban J connectivity index is 1.89. The molecule has 1 heterocycles. The smallest absolute Gasteiger partial charge is 0.213 e. The van der Waals surface area contributed by atoms with Crippen LogP contribution in [0.5, 0.6) is 0 Å². The van der Waals surface area contributed by atoms with Crippen LogP contribution in [-0.4, -0.2) is 26.3 Å². The van der Waals surface area contributed by atoms with Crippen molar-refractivity contribution in [3.05, 3.63) is 35.6 Å². The molecule has 0 radical (unpaired) electrons. The second kappa shape index (κ2) is 5.34. The van der Waals surface area contributed by atoms with Crippen LogP contribution >= 0.6 is 0 Å². The van der Waals surface area contributed by atoms with E-state index in [1.807, 2.05) is 0 Å². The fraction of sp³-hybridized carbons (Fsp3) is 0.500. The number of hydrogen-bond acceptors (Lipinski definition) is 3. The lowest BCUT2D eigenvalue weighted by atomic mass is 9.97. The maximum Gasteiger partial charge on any atom is 0.213 e. The van der Waals surface area contributed by atoms with E-state index in [1.54, 1.807) is 12.1 Å². The van der Waals surface area contributed by atoms with E-state index < -0.39 is 15.3 Å². The third kappa shape index (κ3) is 3.51. The Morgan fingerprint density at radius 3 is 2.44 bits per heavy atom. The normalized spacial score (nSPS) is 25.0. The highest BCUT2D eigenvalue weighted by Gasteiger charge is 2.27. The zero-order valence-electron chi connectivity index (χ0n) is 9.97. The summed E-state index contributed by atoms with van der Waals surface area (Å²) in [6, 6.07) is 6.61. The van der Waals surface area contributed by atoms with Gasteiger partial charge in [0.2, 0.25) is 10.0 Å². The molecule has 0 aromatic heterocycles. The molecule has 2 unspecified atom stereocenters. The number of nitrogens with one attached hydrogen (secondary N) is 1. The molecule has 1 fully saturated rings. The van der Waals surface area contributed by atoms with E-state index in [0.29, 0.717) is 13.0 Å². The maximum absolute atomic E-state index is 12.8. The molecule has 6 heteroatoms. The van der Waals surface area contributed by atoms with Gasteiger partial charge in [-0.25, -0.2) is 17.9 Å². The first-order chi connectivity index (χ1) is 8.45. The number of hydrogen-bond donors (Lipinski definition) is 2. The standard InChI is InChI=1S/C12H17FN2O2S/c13-10-3-1-9(2-4-10)7-11-5-6-12(8-15-11)18(14,16)17/h1-4,11-12,15H,5-8H2,(H2,14,16,17). The Morgan fingerprint density at radius 1 is 1.28 bits per heavy atom. The van der Waals surface area contributed by atoms with Crippen LogP contribution in [0.15, 0.2) is 24.3 Å². The second-order valence-electron chi connectivity index (χ2n) is 4.72. The van der Waals surface area contributed by atoms with E-state index in [9.17, 15) is 12.8 Å². The predicted molar refractivity (Wildman–Crippen MR) is 68.0 cm³/mol. The molecule has 0 bridgehead atoms. The molecule has 1 aromatic carbocycles. The first kappa shape index (κ1) is 13.5. The largest absolute Gasteiger partial charge is 0.312 e. The van der Waals surface area contributed by atoms with Crippen molar-refractivity contribution in [3.8, 4) is 0 Å². The van der Waals surface area contributed by atoms with Crippen LogP contribution in [0.25, 0.3) is 0 Å². The zero-order chi connectivity index (χ0) is 13.2. The average molecular weight is 272 g/mol. The fourth-order valence-electron chi connectivity index (χ4n) is 2.25. The van der Waals surface area contributed by atoms with Gasteiger partial charge >= 0.3 is 0 Å².